The van der Waals surface area contributed by atoms with Crippen LogP contribution in [-0.2, 0) is 6.42 Å². The molecular formula is C18H20O. The Morgan fingerprint density at radius 3 is 1.68 bits per heavy atom. The topological polar surface area (TPSA) is 17.1 Å². The number of hydrogen-bond donors (Lipinski definition) is 0. The van der Waals surface area contributed by atoms with Crippen molar-refractivity contribution in [3.05, 3.63) is 69.8 Å². The molecule has 19 heavy (non-hydrogen) atoms. The van der Waals surface area contributed by atoms with E-state index in [1.807, 2.05) is 38.1 Å². The van der Waals surface area contributed by atoms with Crippen molar-refractivity contribution in [3.63, 3.8) is 0 Å². The first-order chi connectivity index (χ1) is 9.00. The van der Waals surface area contributed by atoms with Crippen LogP contribution in [0.15, 0.2) is 36.4 Å². The highest BCUT2D eigenvalue weighted by molar-refractivity contribution is 6.00. The smallest absolute Gasteiger partial charge is 0.167 e. The van der Waals surface area contributed by atoms with Gasteiger partial charge in [-0.3, -0.25) is 4.79 Å². The normalized spacial score (nSPS) is 10.5. The molecule has 2 aromatic rings. The van der Waals surface area contributed by atoms with Crippen LogP contribution >= 0.6 is 0 Å². The van der Waals surface area contributed by atoms with Crippen LogP contribution < -0.4 is 0 Å². The van der Waals surface area contributed by atoms with Crippen LogP contribution in [0.2, 0.25) is 0 Å². The Morgan fingerprint density at radius 1 is 0.789 bits per heavy atom. The molecule has 0 amide bonds. The van der Waals surface area contributed by atoms with Crippen molar-refractivity contribution in [3.8, 4) is 0 Å². The highest BCUT2D eigenvalue weighted by atomic mass is 16.1. The Labute approximate surface area is 115 Å². The van der Waals surface area contributed by atoms with Gasteiger partial charge in [-0.05, 0) is 55.5 Å². The molecule has 0 N–H and O–H groups in total. The Bertz CT molecular complexity index is 583. The molecule has 0 saturated heterocycles. The second-order valence-corrected chi connectivity index (χ2v) is 5.24. The maximum Gasteiger partial charge on any atom is 0.167 e. The first-order valence-electron chi connectivity index (χ1n) is 6.65. The summed E-state index contributed by atoms with van der Waals surface area (Å²) in [5.41, 5.74) is 6.56. The summed E-state index contributed by atoms with van der Waals surface area (Å²) in [6.07, 6.45) is 0.490. The van der Waals surface area contributed by atoms with Crippen LogP contribution in [0.3, 0.4) is 0 Å². The summed E-state index contributed by atoms with van der Waals surface area (Å²) in [6.45, 7) is 8.15. The molecular weight excluding hydrogens is 232 g/mol. The molecule has 2 aromatic carbocycles. The SMILES string of the molecule is Cc1cccc(C)c1CC(=O)c1c(C)cccc1C. The fourth-order valence-corrected chi connectivity index (χ4v) is 2.63. The summed E-state index contributed by atoms with van der Waals surface area (Å²) >= 11 is 0. The second kappa shape index (κ2) is 5.40. The molecule has 0 unspecified atom stereocenters. The summed E-state index contributed by atoms with van der Waals surface area (Å²) in [5.74, 6) is 0.216. The lowest BCUT2D eigenvalue weighted by Gasteiger charge is -2.12. The number of rotatable bonds is 3. The quantitative estimate of drug-likeness (QED) is 0.742. The third kappa shape index (κ3) is 2.76. The molecule has 0 aliphatic carbocycles. The average Bonchev–Trinajstić information content (AvgIpc) is 2.34. The Balaban J connectivity index is 2.37. The van der Waals surface area contributed by atoms with E-state index >= 15 is 0 Å². The Kier molecular flexibility index (Phi) is 3.84. The van der Waals surface area contributed by atoms with Crippen molar-refractivity contribution in [1.29, 1.82) is 0 Å². The highest BCUT2D eigenvalue weighted by Crippen LogP contribution is 2.20. The zero-order valence-electron chi connectivity index (χ0n) is 12.1. The van der Waals surface area contributed by atoms with E-state index in [0.717, 1.165) is 22.3 Å². The molecule has 0 bridgehead atoms. The van der Waals surface area contributed by atoms with Gasteiger partial charge in [0.1, 0.15) is 0 Å². The van der Waals surface area contributed by atoms with Gasteiger partial charge in [-0.1, -0.05) is 36.4 Å². The van der Waals surface area contributed by atoms with Crippen LogP contribution in [0.5, 0.6) is 0 Å². The van der Waals surface area contributed by atoms with Gasteiger partial charge in [0, 0.05) is 12.0 Å². The lowest BCUT2D eigenvalue weighted by molar-refractivity contribution is 0.0991. The molecule has 0 spiro atoms. The maximum absolute atomic E-state index is 12.6. The fourth-order valence-electron chi connectivity index (χ4n) is 2.63. The summed E-state index contributed by atoms with van der Waals surface area (Å²) in [6, 6.07) is 12.2. The van der Waals surface area contributed by atoms with Crippen LogP contribution in [0, 0.1) is 27.7 Å². The van der Waals surface area contributed by atoms with Crippen LogP contribution in [0.1, 0.15) is 38.2 Å². The van der Waals surface area contributed by atoms with E-state index in [1.165, 1.54) is 11.1 Å². The molecule has 98 valence electrons. The number of aryl methyl sites for hydroxylation is 4. The van der Waals surface area contributed by atoms with Gasteiger partial charge in [0.05, 0.1) is 0 Å². The van der Waals surface area contributed by atoms with Crippen molar-refractivity contribution >= 4 is 5.78 Å². The molecule has 0 fully saturated rings. The summed E-state index contributed by atoms with van der Waals surface area (Å²) < 4.78 is 0. The molecule has 0 aromatic heterocycles. The molecule has 0 aliphatic rings. The van der Waals surface area contributed by atoms with Gasteiger partial charge in [-0.2, -0.15) is 0 Å². The second-order valence-electron chi connectivity index (χ2n) is 5.24. The van der Waals surface area contributed by atoms with E-state index in [0.29, 0.717) is 6.42 Å². The van der Waals surface area contributed by atoms with Gasteiger partial charge in [0.15, 0.2) is 5.78 Å². The number of benzene rings is 2. The van der Waals surface area contributed by atoms with Crippen molar-refractivity contribution in [2.45, 2.75) is 34.1 Å². The monoisotopic (exact) mass is 252 g/mol. The molecule has 1 nitrogen and oxygen atoms in total. The van der Waals surface area contributed by atoms with Crippen molar-refractivity contribution < 1.29 is 4.79 Å². The number of carbonyl (C=O) groups excluding carboxylic acids is 1. The first kappa shape index (κ1) is 13.5. The lowest BCUT2D eigenvalue weighted by atomic mass is 9.92. The molecule has 1 heteroatoms. The van der Waals surface area contributed by atoms with Gasteiger partial charge >= 0.3 is 0 Å². The minimum atomic E-state index is 0.216. The van der Waals surface area contributed by atoms with Gasteiger partial charge in [0.2, 0.25) is 0 Å². The maximum atomic E-state index is 12.6. The Morgan fingerprint density at radius 2 is 1.21 bits per heavy atom. The zero-order valence-corrected chi connectivity index (χ0v) is 12.1. The standard InChI is InChI=1S/C18H20O/c1-12-7-5-8-13(2)16(12)11-17(19)18-14(3)9-6-10-15(18)4/h5-10H,11H2,1-4H3. The van der Waals surface area contributed by atoms with E-state index in [4.69, 9.17) is 0 Å². The third-order valence-corrected chi connectivity index (χ3v) is 3.74. The van der Waals surface area contributed by atoms with Gasteiger partial charge in [0.25, 0.3) is 0 Å². The molecule has 0 heterocycles. The minimum Gasteiger partial charge on any atom is -0.294 e. The molecule has 0 atom stereocenters. The minimum absolute atomic E-state index is 0.216. The molecule has 0 saturated carbocycles. The fraction of sp³-hybridized carbons (Fsp3) is 0.278. The van der Waals surface area contributed by atoms with E-state index in [2.05, 4.69) is 26.0 Å². The van der Waals surface area contributed by atoms with Crippen LogP contribution in [0.4, 0.5) is 0 Å². The number of hydrogen-bond acceptors (Lipinski definition) is 1. The largest absolute Gasteiger partial charge is 0.294 e. The van der Waals surface area contributed by atoms with Gasteiger partial charge in [-0.25, -0.2) is 0 Å². The van der Waals surface area contributed by atoms with E-state index in [9.17, 15) is 4.79 Å². The van der Waals surface area contributed by atoms with Crippen LogP contribution in [0.25, 0.3) is 0 Å². The lowest BCUT2D eigenvalue weighted by Crippen LogP contribution is -2.10. The highest BCUT2D eigenvalue weighted by Gasteiger charge is 2.14. The van der Waals surface area contributed by atoms with Crippen LogP contribution in [-0.4, -0.2) is 5.78 Å². The molecule has 0 radical (unpaired) electrons. The number of Topliss-reactive ketones (excluding diaryl/α,β-unsaturated/α-hetero) is 1. The summed E-state index contributed by atoms with van der Waals surface area (Å²) in [7, 11) is 0. The van der Waals surface area contributed by atoms with Crippen molar-refractivity contribution in [2.24, 2.45) is 0 Å². The van der Waals surface area contributed by atoms with Crippen molar-refractivity contribution in [2.75, 3.05) is 0 Å². The number of ketones is 1. The van der Waals surface area contributed by atoms with E-state index in [-0.39, 0.29) is 5.78 Å². The van der Waals surface area contributed by atoms with Crippen molar-refractivity contribution in [1.82, 2.24) is 0 Å². The molecule has 2 rings (SSSR count). The van der Waals surface area contributed by atoms with Gasteiger partial charge in [-0.15, -0.1) is 0 Å². The summed E-state index contributed by atoms with van der Waals surface area (Å²) in [5, 5.41) is 0. The van der Waals surface area contributed by atoms with Gasteiger partial charge < -0.3 is 0 Å². The first-order valence-corrected chi connectivity index (χ1v) is 6.65. The van der Waals surface area contributed by atoms with E-state index in [1.54, 1.807) is 0 Å². The predicted molar refractivity (Wildman–Crippen MR) is 79.9 cm³/mol. The number of carbonyl (C=O) groups is 1. The third-order valence-electron chi connectivity index (χ3n) is 3.74. The summed E-state index contributed by atoms with van der Waals surface area (Å²) in [4.78, 5) is 12.6. The molecule has 0 aliphatic heterocycles. The zero-order chi connectivity index (χ0) is 14.0. The average molecular weight is 252 g/mol. The predicted octanol–water partition coefficient (Wildman–Crippen LogP) is 4.35. The van der Waals surface area contributed by atoms with E-state index < -0.39 is 0 Å². The Hall–Kier alpha value is -1.89.